The van der Waals surface area contributed by atoms with Crippen LogP contribution >= 0.6 is 23.1 Å². The summed E-state index contributed by atoms with van der Waals surface area (Å²) in [6, 6.07) is 14.2. The van der Waals surface area contributed by atoms with Gasteiger partial charge in [0, 0.05) is 12.2 Å². The van der Waals surface area contributed by atoms with E-state index in [0.29, 0.717) is 19.0 Å². The summed E-state index contributed by atoms with van der Waals surface area (Å²) in [6.45, 7) is 3.96. The number of benzene rings is 2. The van der Waals surface area contributed by atoms with E-state index in [0.717, 1.165) is 51.6 Å². The number of likely N-dealkylation sites (tertiary alicyclic amines) is 1. The van der Waals surface area contributed by atoms with Crippen LogP contribution in [-0.4, -0.2) is 46.5 Å². The molecule has 0 bridgehead atoms. The van der Waals surface area contributed by atoms with Gasteiger partial charge < -0.3 is 19.7 Å². The van der Waals surface area contributed by atoms with Crippen LogP contribution in [0.15, 0.2) is 46.8 Å². The third kappa shape index (κ3) is 4.68. The lowest BCUT2D eigenvalue weighted by atomic mass is 10.0. The highest BCUT2D eigenvalue weighted by molar-refractivity contribution is 8.01. The van der Waals surface area contributed by atoms with E-state index >= 15 is 0 Å². The van der Waals surface area contributed by atoms with E-state index in [9.17, 15) is 4.79 Å². The van der Waals surface area contributed by atoms with Crippen LogP contribution in [0.5, 0.6) is 11.5 Å². The first-order valence-electron chi connectivity index (χ1n) is 10.6. The van der Waals surface area contributed by atoms with E-state index in [1.54, 1.807) is 0 Å². The normalized spacial score (nSPS) is 17.4. The zero-order valence-electron chi connectivity index (χ0n) is 17.7. The van der Waals surface area contributed by atoms with E-state index in [2.05, 4.69) is 34.6 Å². The summed E-state index contributed by atoms with van der Waals surface area (Å²) in [5, 5.41) is 12.4. The van der Waals surface area contributed by atoms with Crippen molar-refractivity contribution in [2.45, 2.75) is 30.1 Å². The first-order valence-corrected chi connectivity index (χ1v) is 12.4. The molecule has 0 aliphatic carbocycles. The number of ether oxygens (including phenoxy) is 2. The maximum Gasteiger partial charge on any atom is 0.233 e. The number of hydrogen-bond acceptors (Lipinski definition) is 8. The zero-order valence-corrected chi connectivity index (χ0v) is 19.4. The second-order valence-corrected chi connectivity index (χ2v) is 10.0. The molecule has 0 radical (unpaired) electrons. The van der Waals surface area contributed by atoms with Crippen molar-refractivity contribution in [3.63, 3.8) is 0 Å². The third-order valence-electron chi connectivity index (χ3n) is 5.52. The predicted molar refractivity (Wildman–Crippen MR) is 126 cm³/mol. The van der Waals surface area contributed by atoms with Gasteiger partial charge in [-0.3, -0.25) is 4.79 Å². The van der Waals surface area contributed by atoms with E-state index in [-0.39, 0.29) is 11.9 Å². The highest BCUT2D eigenvalue weighted by atomic mass is 32.2. The molecule has 166 valence electrons. The molecule has 2 aliphatic heterocycles. The van der Waals surface area contributed by atoms with E-state index in [4.69, 9.17) is 9.47 Å². The molecule has 1 unspecified atom stereocenters. The van der Waals surface area contributed by atoms with Gasteiger partial charge >= 0.3 is 0 Å². The number of anilines is 2. The van der Waals surface area contributed by atoms with Gasteiger partial charge in [0.25, 0.3) is 0 Å². The van der Waals surface area contributed by atoms with Crippen LogP contribution < -0.4 is 14.8 Å². The second kappa shape index (κ2) is 9.38. The van der Waals surface area contributed by atoms with Crippen molar-refractivity contribution in [3.05, 3.63) is 53.6 Å². The fourth-order valence-electron chi connectivity index (χ4n) is 4.05. The number of aryl methyl sites for hydroxylation is 1. The van der Waals surface area contributed by atoms with Crippen molar-refractivity contribution >= 4 is 39.8 Å². The average molecular weight is 469 g/mol. The Balaban J connectivity index is 1.20. The smallest absolute Gasteiger partial charge is 0.233 e. The maximum atomic E-state index is 13.0. The van der Waals surface area contributed by atoms with E-state index < -0.39 is 0 Å². The van der Waals surface area contributed by atoms with Gasteiger partial charge in [-0.1, -0.05) is 41.3 Å². The van der Waals surface area contributed by atoms with Crippen molar-refractivity contribution in [3.8, 4) is 11.5 Å². The molecule has 1 N–H and O–H groups in total. The number of amides is 1. The van der Waals surface area contributed by atoms with Gasteiger partial charge in [0.2, 0.25) is 11.0 Å². The van der Waals surface area contributed by atoms with Crippen LogP contribution in [0.4, 0.5) is 10.8 Å². The first kappa shape index (κ1) is 21.1. The molecule has 5 rings (SSSR count). The Bertz CT molecular complexity index is 1120. The maximum absolute atomic E-state index is 13.0. The van der Waals surface area contributed by atoms with Crippen LogP contribution in [0.2, 0.25) is 0 Å². The van der Waals surface area contributed by atoms with E-state index in [1.807, 2.05) is 35.2 Å². The van der Waals surface area contributed by atoms with Crippen LogP contribution in [0.3, 0.4) is 0 Å². The molecule has 3 aromatic rings. The highest BCUT2D eigenvalue weighted by Gasteiger charge is 2.31. The molecular weight excluding hydrogens is 444 g/mol. The Labute approximate surface area is 195 Å². The first-order chi connectivity index (χ1) is 15.7. The molecule has 1 aromatic heterocycles. The third-order valence-corrected chi connectivity index (χ3v) is 7.48. The van der Waals surface area contributed by atoms with Gasteiger partial charge in [-0.2, -0.15) is 0 Å². The molecule has 9 heteroatoms. The largest absolute Gasteiger partial charge is 0.486 e. The second-order valence-electron chi connectivity index (χ2n) is 7.80. The predicted octanol–water partition coefficient (Wildman–Crippen LogP) is 4.82. The Kier molecular flexibility index (Phi) is 6.18. The Morgan fingerprint density at radius 1 is 1.19 bits per heavy atom. The van der Waals surface area contributed by atoms with Gasteiger partial charge in [0.15, 0.2) is 15.8 Å². The molecule has 3 heterocycles. The monoisotopic (exact) mass is 468 g/mol. The minimum Gasteiger partial charge on any atom is -0.486 e. The summed E-state index contributed by atoms with van der Waals surface area (Å²) < 4.78 is 12.1. The number of carbonyl (C=O) groups excluding carboxylic acids is 1. The summed E-state index contributed by atoms with van der Waals surface area (Å²) in [5.74, 6) is 2.01. The molecule has 7 nitrogen and oxygen atoms in total. The lowest BCUT2D eigenvalue weighted by molar-refractivity contribution is -0.129. The van der Waals surface area contributed by atoms with Crippen LogP contribution in [0.25, 0.3) is 0 Å². The van der Waals surface area contributed by atoms with Crippen LogP contribution in [-0.2, 0) is 4.79 Å². The number of thioether (sulfide) groups is 1. The number of rotatable bonds is 6. The summed E-state index contributed by atoms with van der Waals surface area (Å²) in [4.78, 5) is 15.0. The van der Waals surface area contributed by atoms with E-state index in [1.165, 1.54) is 28.7 Å². The summed E-state index contributed by atoms with van der Waals surface area (Å²) in [6.07, 6.45) is 1.96. The van der Waals surface area contributed by atoms with Gasteiger partial charge in [0.1, 0.15) is 13.2 Å². The van der Waals surface area contributed by atoms with Gasteiger partial charge in [-0.25, -0.2) is 0 Å². The topological polar surface area (TPSA) is 76.6 Å². The standard InChI is InChI=1S/C23H24N4O3S2/c1-15-4-2-5-17(12-15)24-22-25-26-23(32-22)31-14-21(28)27-9-3-6-18(27)16-7-8-19-20(13-16)30-11-10-29-19/h2,4-5,7-8,12-13,18H,3,6,9-11,14H2,1H3,(H,24,25). The lowest BCUT2D eigenvalue weighted by Gasteiger charge is -2.26. The van der Waals surface area contributed by atoms with Gasteiger partial charge in [-0.05, 0) is 55.2 Å². The van der Waals surface area contributed by atoms with Crippen molar-refractivity contribution in [2.75, 3.05) is 30.8 Å². The van der Waals surface area contributed by atoms with Crippen molar-refractivity contribution < 1.29 is 14.3 Å². The quantitative estimate of drug-likeness (QED) is 0.520. The molecular formula is C23H24N4O3S2. The number of nitrogens with zero attached hydrogens (tertiary/aromatic N) is 3. The minimum atomic E-state index is 0.0758. The molecule has 1 atom stereocenters. The number of carbonyl (C=O) groups is 1. The molecule has 0 spiro atoms. The Morgan fingerprint density at radius 2 is 2.06 bits per heavy atom. The van der Waals surface area contributed by atoms with Crippen molar-refractivity contribution in [2.24, 2.45) is 0 Å². The van der Waals surface area contributed by atoms with Gasteiger partial charge in [0.05, 0.1) is 11.8 Å². The highest BCUT2D eigenvalue weighted by Crippen LogP contribution is 2.38. The molecule has 32 heavy (non-hydrogen) atoms. The van der Waals surface area contributed by atoms with Crippen LogP contribution in [0.1, 0.15) is 30.0 Å². The molecule has 1 saturated heterocycles. The molecule has 0 saturated carbocycles. The number of hydrogen-bond donors (Lipinski definition) is 1. The molecule has 1 fully saturated rings. The molecule has 1 amide bonds. The van der Waals surface area contributed by atoms with Crippen LogP contribution in [0, 0.1) is 6.92 Å². The number of nitrogens with one attached hydrogen (secondary N) is 1. The summed E-state index contributed by atoms with van der Waals surface area (Å²) in [7, 11) is 0. The zero-order chi connectivity index (χ0) is 21.9. The fraction of sp³-hybridized carbons (Fsp3) is 0.348. The van der Waals surface area contributed by atoms with Crippen molar-refractivity contribution in [1.29, 1.82) is 0 Å². The summed E-state index contributed by atoms with van der Waals surface area (Å²) in [5.41, 5.74) is 3.26. The van der Waals surface area contributed by atoms with Gasteiger partial charge in [-0.15, -0.1) is 10.2 Å². The summed E-state index contributed by atoms with van der Waals surface area (Å²) >= 11 is 2.90. The fourth-order valence-corrected chi connectivity index (χ4v) is 5.71. The lowest BCUT2D eigenvalue weighted by Crippen LogP contribution is -2.32. The number of aromatic nitrogens is 2. The Morgan fingerprint density at radius 3 is 2.94 bits per heavy atom. The van der Waals surface area contributed by atoms with Crippen molar-refractivity contribution in [1.82, 2.24) is 15.1 Å². The molecule has 2 aromatic carbocycles. The molecule has 2 aliphatic rings. The Hall–Kier alpha value is -2.78. The average Bonchev–Trinajstić information content (AvgIpc) is 3.47. The SMILES string of the molecule is Cc1cccc(Nc2nnc(SCC(=O)N3CCCC3c3ccc4c(c3)OCCO4)s2)c1. The minimum absolute atomic E-state index is 0.0758. The number of fused-ring (bicyclic) bond motifs is 1.